The Labute approximate surface area is 92.5 Å². The molecule has 0 saturated carbocycles. The molecule has 1 aromatic heterocycles. The standard InChI is InChI=1S/C10H14N2O2S/c1-6-5-15-10(12-6)2-9(13)7-3-14-4-8(7)11/h5,7-8H,2-4,11H2,1H3. The van der Waals surface area contributed by atoms with Gasteiger partial charge in [0, 0.05) is 17.1 Å². The Morgan fingerprint density at radius 1 is 1.73 bits per heavy atom. The maximum absolute atomic E-state index is 11.8. The molecule has 15 heavy (non-hydrogen) atoms. The number of ketones is 1. The van der Waals surface area contributed by atoms with Gasteiger partial charge in [-0.25, -0.2) is 4.98 Å². The molecule has 0 spiro atoms. The third-order valence-corrected chi connectivity index (χ3v) is 3.50. The molecule has 5 heteroatoms. The molecule has 0 aromatic carbocycles. The topological polar surface area (TPSA) is 65.2 Å². The fourth-order valence-corrected chi connectivity index (χ4v) is 2.45. The van der Waals surface area contributed by atoms with Crippen LogP contribution in [-0.2, 0) is 16.0 Å². The van der Waals surface area contributed by atoms with E-state index in [4.69, 9.17) is 10.5 Å². The van der Waals surface area contributed by atoms with Gasteiger partial charge in [-0.1, -0.05) is 0 Å². The van der Waals surface area contributed by atoms with E-state index in [0.29, 0.717) is 19.6 Å². The first-order chi connectivity index (χ1) is 7.16. The Morgan fingerprint density at radius 2 is 2.53 bits per heavy atom. The summed E-state index contributed by atoms with van der Waals surface area (Å²) in [5.74, 6) is 0.00329. The van der Waals surface area contributed by atoms with Crippen molar-refractivity contribution in [1.82, 2.24) is 4.98 Å². The Kier molecular flexibility index (Phi) is 3.14. The molecule has 82 valence electrons. The summed E-state index contributed by atoms with van der Waals surface area (Å²) in [6, 6.07) is -0.140. The van der Waals surface area contributed by atoms with E-state index in [1.54, 1.807) is 0 Å². The molecular formula is C10H14N2O2S. The fraction of sp³-hybridized carbons (Fsp3) is 0.600. The molecule has 0 bridgehead atoms. The Hall–Kier alpha value is -0.780. The van der Waals surface area contributed by atoms with Gasteiger partial charge in [-0.3, -0.25) is 4.79 Å². The van der Waals surface area contributed by atoms with Gasteiger partial charge >= 0.3 is 0 Å². The number of Topliss-reactive ketones (excluding diaryl/α,β-unsaturated/α-hetero) is 1. The van der Waals surface area contributed by atoms with Gasteiger partial charge in [0.1, 0.15) is 10.8 Å². The minimum atomic E-state index is -0.144. The molecule has 4 nitrogen and oxygen atoms in total. The van der Waals surface area contributed by atoms with Gasteiger partial charge in [0.15, 0.2) is 0 Å². The maximum Gasteiger partial charge on any atom is 0.146 e. The number of carbonyl (C=O) groups excluding carboxylic acids is 1. The monoisotopic (exact) mass is 226 g/mol. The highest BCUT2D eigenvalue weighted by atomic mass is 32.1. The number of nitrogens with two attached hydrogens (primary N) is 1. The smallest absolute Gasteiger partial charge is 0.146 e. The highest BCUT2D eigenvalue weighted by Crippen LogP contribution is 2.17. The van der Waals surface area contributed by atoms with Crippen molar-refractivity contribution in [3.8, 4) is 0 Å². The minimum Gasteiger partial charge on any atom is -0.379 e. The summed E-state index contributed by atoms with van der Waals surface area (Å²) in [6.45, 7) is 2.88. The predicted molar refractivity (Wildman–Crippen MR) is 57.8 cm³/mol. The highest BCUT2D eigenvalue weighted by molar-refractivity contribution is 7.09. The lowest BCUT2D eigenvalue weighted by Gasteiger charge is -2.10. The number of rotatable bonds is 3. The molecule has 2 heterocycles. The number of hydrogen-bond donors (Lipinski definition) is 1. The Balaban J connectivity index is 1.97. The van der Waals surface area contributed by atoms with Gasteiger partial charge in [-0.2, -0.15) is 0 Å². The molecule has 1 aliphatic heterocycles. The van der Waals surface area contributed by atoms with E-state index >= 15 is 0 Å². The number of aromatic nitrogens is 1. The van der Waals surface area contributed by atoms with Crippen molar-refractivity contribution >= 4 is 17.1 Å². The lowest BCUT2D eigenvalue weighted by molar-refractivity contribution is -0.122. The summed E-state index contributed by atoms with van der Waals surface area (Å²) in [5.41, 5.74) is 6.74. The van der Waals surface area contributed by atoms with Crippen LogP contribution in [0.25, 0.3) is 0 Å². The molecule has 2 N–H and O–H groups in total. The average Bonchev–Trinajstić information content (AvgIpc) is 2.75. The highest BCUT2D eigenvalue weighted by Gasteiger charge is 2.31. The summed E-state index contributed by atoms with van der Waals surface area (Å²) in [5, 5.41) is 2.82. The first kappa shape index (κ1) is 10.7. The van der Waals surface area contributed by atoms with Crippen LogP contribution in [0.1, 0.15) is 10.7 Å². The van der Waals surface area contributed by atoms with Crippen LogP contribution in [0.4, 0.5) is 0 Å². The summed E-state index contributed by atoms with van der Waals surface area (Å²) in [6.07, 6.45) is 0.389. The number of ether oxygens (including phenoxy) is 1. The van der Waals surface area contributed by atoms with Crippen LogP contribution in [0.3, 0.4) is 0 Å². The zero-order chi connectivity index (χ0) is 10.8. The summed E-state index contributed by atoms with van der Waals surface area (Å²) in [7, 11) is 0. The Morgan fingerprint density at radius 3 is 3.07 bits per heavy atom. The quantitative estimate of drug-likeness (QED) is 0.817. The largest absolute Gasteiger partial charge is 0.379 e. The first-order valence-electron chi connectivity index (χ1n) is 4.94. The first-order valence-corrected chi connectivity index (χ1v) is 5.82. The van der Waals surface area contributed by atoms with Crippen molar-refractivity contribution in [3.05, 3.63) is 16.1 Å². The summed E-state index contributed by atoms with van der Waals surface area (Å²) in [4.78, 5) is 16.1. The molecule has 1 fully saturated rings. The van der Waals surface area contributed by atoms with Gasteiger partial charge in [0.05, 0.1) is 25.6 Å². The maximum atomic E-state index is 11.8. The molecule has 0 aliphatic carbocycles. The van der Waals surface area contributed by atoms with E-state index in [1.165, 1.54) is 11.3 Å². The number of nitrogens with zero attached hydrogens (tertiary/aromatic N) is 1. The molecule has 2 rings (SSSR count). The van der Waals surface area contributed by atoms with Gasteiger partial charge in [-0.15, -0.1) is 11.3 Å². The van der Waals surface area contributed by atoms with Crippen molar-refractivity contribution in [3.63, 3.8) is 0 Å². The third-order valence-electron chi connectivity index (χ3n) is 2.53. The lowest BCUT2D eigenvalue weighted by Crippen LogP contribution is -2.34. The van der Waals surface area contributed by atoms with Crippen LogP contribution in [0.5, 0.6) is 0 Å². The molecule has 0 amide bonds. The van der Waals surface area contributed by atoms with Crippen LogP contribution in [0.2, 0.25) is 0 Å². The van der Waals surface area contributed by atoms with Crippen LogP contribution in [0.15, 0.2) is 5.38 Å². The average molecular weight is 226 g/mol. The van der Waals surface area contributed by atoms with E-state index in [-0.39, 0.29) is 17.7 Å². The van der Waals surface area contributed by atoms with E-state index in [0.717, 1.165) is 10.7 Å². The Bertz CT molecular complexity index is 364. The number of aryl methyl sites for hydroxylation is 1. The van der Waals surface area contributed by atoms with Gasteiger partial charge in [0.25, 0.3) is 0 Å². The van der Waals surface area contributed by atoms with Crippen molar-refractivity contribution in [1.29, 1.82) is 0 Å². The molecular weight excluding hydrogens is 212 g/mol. The number of thiazole rings is 1. The van der Waals surface area contributed by atoms with E-state index in [2.05, 4.69) is 4.98 Å². The van der Waals surface area contributed by atoms with Crippen LogP contribution >= 0.6 is 11.3 Å². The van der Waals surface area contributed by atoms with E-state index < -0.39 is 0 Å². The van der Waals surface area contributed by atoms with Gasteiger partial charge < -0.3 is 10.5 Å². The van der Waals surface area contributed by atoms with Gasteiger partial charge in [-0.05, 0) is 6.92 Å². The number of carbonyl (C=O) groups is 1. The SMILES string of the molecule is Cc1csc(CC(=O)C2COCC2N)n1. The summed E-state index contributed by atoms with van der Waals surface area (Å²) >= 11 is 1.52. The molecule has 2 unspecified atom stereocenters. The minimum absolute atomic E-state index is 0.140. The second-order valence-electron chi connectivity index (χ2n) is 3.83. The van der Waals surface area contributed by atoms with Crippen LogP contribution < -0.4 is 5.73 Å². The summed E-state index contributed by atoms with van der Waals surface area (Å²) < 4.78 is 5.17. The second-order valence-corrected chi connectivity index (χ2v) is 4.78. The molecule has 1 saturated heterocycles. The van der Waals surface area contributed by atoms with Crippen molar-refractivity contribution in [2.45, 2.75) is 19.4 Å². The van der Waals surface area contributed by atoms with E-state index in [9.17, 15) is 4.79 Å². The normalized spacial score (nSPS) is 25.7. The third kappa shape index (κ3) is 2.42. The van der Waals surface area contributed by atoms with Crippen molar-refractivity contribution in [2.24, 2.45) is 11.7 Å². The zero-order valence-corrected chi connectivity index (χ0v) is 9.42. The number of hydrogen-bond acceptors (Lipinski definition) is 5. The molecule has 2 atom stereocenters. The molecule has 1 aliphatic rings. The molecule has 0 radical (unpaired) electrons. The molecule has 1 aromatic rings. The zero-order valence-electron chi connectivity index (χ0n) is 8.60. The predicted octanol–water partition coefficient (Wildman–Crippen LogP) is 0.537. The van der Waals surface area contributed by atoms with Crippen molar-refractivity contribution < 1.29 is 9.53 Å². The van der Waals surface area contributed by atoms with Crippen molar-refractivity contribution in [2.75, 3.05) is 13.2 Å². The second kappa shape index (κ2) is 4.38. The van der Waals surface area contributed by atoms with E-state index in [1.807, 2.05) is 12.3 Å². The van der Waals surface area contributed by atoms with Crippen LogP contribution in [-0.4, -0.2) is 30.0 Å². The van der Waals surface area contributed by atoms with Gasteiger partial charge in [0.2, 0.25) is 0 Å². The lowest BCUT2D eigenvalue weighted by atomic mass is 9.97. The fourth-order valence-electron chi connectivity index (χ4n) is 1.67. The van der Waals surface area contributed by atoms with Crippen LogP contribution in [0, 0.1) is 12.8 Å².